The molecule has 0 bridgehead atoms. The van der Waals surface area contributed by atoms with E-state index < -0.39 is 0 Å². The van der Waals surface area contributed by atoms with Gasteiger partial charge in [0.1, 0.15) is 0 Å². The summed E-state index contributed by atoms with van der Waals surface area (Å²) in [5.41, 5.74) is 1.56. The quantitative estimate of drug-likeness (QED) is 0.878. The summed E-state index contributed by atoms with van der Waals surface area (Å²) in [7, 11) is 0. The maximum Gasteiger partial charge on any atom is 0.243 e. The number of anilines is 2. The molecule has 0 aliphatic heterocycles. The highest BCUT2D eigenvalue weighted by molar-refractivity contribution is 9.10. The summed E-state index contributed by atoms with van der Waals surface area (Å²) in [6, 6.07) is 14.9. The molecule has 0 heterocycles. The lowest BCUT2D eigenvalue weighted by Gasteiger charge is -2.09. The Hall–Kier alpha value is -1.52. The Morgan fingerprint density at radius 3 is 2.58 bits per heavy atom. The summed E-state index contributed by atoms with van der Waals surface area (Å²) in [6.07, 6.45) is 0. The van der Waals surface area contributed by atoms with Crippen LogP contribution in [0.3, 0.4) is 0 Å². The van der Waals surface area contributed by atoms with Crippen LogP contribution >= 0.6 is 27.5 Å². The Balaban J connectivity index is 1.93. The molecular formula is C14H12BrClN2O. The highest BCUT2D eigenvalue weighted by atomic mass is 79.9. The van der Waals surface area contributed by atoms with Gasteiger partial charge in [0.25, 0.3) is 0 Å². The van der Waals surface area contributed by atoms with Crippen molar-refractivity contribution < 1.29 is 4.79 Å². The lowest BCUT2D eigenvalue weighted by Crippen LogP contribution is -2.21. The summed E-state index contributed by atoms with van der Waals surface area (Å²) in [6.45, 7) is 0.197. The van der Waals surface area contributed by atoms with Crippen LogP contribution in [0.1, 0.15) is 0 Å². The minimum Gasteiger partial charge on any atom is -0.376 e. The fourth-order valence-corrected chi connectivity index (χ4v) is 2.07. The molecule has 98 valence electrons. The zero-order chi connectivity index (χ0) is 13.7. The smallest absolute Gasteiger partial charge is 0.243 e. The number of para-hydroxylation sites is 1. The largest absolute Gasteiger partial charge is 0.376 e. The normalized spacial score (nSPS) is 10.0. The molecule has 1 amide bonds. The molecule has 19 heavy (non-hydrogen) atoms. The van der Waals surface area contributed by atoms with Crippen molar-refractivity contribution in [3.63, 3.8) is 0 Å². The molecule has 0 fully saturated rings. The summed E-state index contributed by atoms with van der Waals surface area (Å²) in [5, 5.41) is 6.39. The number of hydrogen-bond donors (Lipinski definition) is 2. The van der Waals surface area contributed by atoms with Gasteiger partial charge in [0, 0.05) is 5.69 Å². The first-order valence-corrected chi connectivity index (χ1v) is 6.86. The van der Waals surface area contributed by atoms with Gasteiger partial charge in [-0.15, -0.1) is 0 Å². The summed E-state index contributed by atoms with van der Waals surface area (Å²) >= 11 is 9.29. The van der Waals surface area contributed by atoms with Crippen LogP contribution in [-0.4, -0.2) is 12.5 Å². The van der Waals surface area contributed by atoms with Crippen LogP contribution < -0.4 is 10.6 Å². The molecule has 3 nitrogen and oxygen atoms in total. The van der Waals surface area contributed by atoms with E-state index in [-0.39, 0.29) is 12.5 Å². The summed E-state index contributed by atoms with van der Waals surface area (Å²) < 4.78 is 0.685. The number of rotatable bonds is 4. The molecule has 0 spiro atoms. The summed E-state index contributed by atoms with van der Waals surface area (Å²) in [4.78, 5) is 11.8. The molecule has 0 saturated heterocycles. The van der Waals surface area contributed by atoms with Crippen LogP contribution in [-0.2, 0) is 4.79 Å². The number of hydrogen-bond acceptors (Lipinski definition) is 2. The summed E-state index contributed by atoms with van der Waals surface area (Å²) in [5.74, 6) is -0.133. The van der Waals surface area contributed by atoms with E-state index in [0.717, 1.165) is 5.69 Å². The van der Waals surface area contributed by atoms with Crippen LogP contribution in [0.25, 0.3) is 0 Å². The van der Waals surface area contributed by atoms with Crippen molar-refractivity contribution in [1.29, 1.82) is 0 Å². The Morgan fingerprint density at radius 2 is 1.84 bits per heavy atom. The number of nitrogens with one attached hydrogen (secondary N) is 2. The lowest BCUT2D eigenvalue weighted by atomic mass is 10.3. The molecule has 0 saturated carbocycles. The van der Waals surface area contributed by atoms with E-state index in [1.807, 2.05) is 30.3 Å². The Labute approximate surface area is 125 Å². The van der Waals surface area contributed by atoms with E-state index in [4.69, 9.17) is 11.6 Å². The lowest BCUT2D eigenvalue weighted by molar-refractivity contribution is -0.114. The van der Waals surface area contributed by atoms with Gasteiger partial charge >= 0.3 is 0 Å². The zero-order valence-corrected chi connectivity index (χ0v) is 12.3. The molecule has 0 aliphatic carbocycles. The monoisotopic (exact) mass is 338 g/mol. The second-order valence-corrected chi connectivity index (χ2v) is 5.07. The predicted molar refractivity (Wildman–Crippen MR) is 82.7 cm³/mol. The van der Waals surface area contributed by atoms with Crippen molar-refractivity contribution in [1.82, 2.24) is 0 Å². The number of benzene rings is 2. The van der Waals surface area contributed by atoms with Crippen molar-refractivity contribution in [2.45, 2.75) is 0 Å². The van der Waals surface area contributed by atoms with Crippen LogP contribution in [0.2, 0.25) is 5.02 Å². The number of amides is 1. The highest BCUT2D eigenvalue weighted by Crippen LogP contribution is 2.29. The Bertz CT molecular complexity index is 575. The van der Waals surface area contributed by atoms with Crippen molar-refractivity contribution in [3.05, 3.63) is 58.0 Å². The first-order valence-electron chi connectivity index (χ1n) is 5.69. The van der Waals surface area contributed by atoms with Gasteiger partial charge in [-0.05, 0) is 40.2 Å². The van der Waals surface area contributed by atoms with E-state index >= 15 is 0 Å². The van der Waals surface area contributed by atoms with Crippen LogP contribution in [0.15, 0.2) is 53.0 Å². The van der Waals surface area contributed by atoms with E-state index in [9.17, 15) is 4.79 Å². The second kappa shape index (κ2) is 6.59. The molecule has 2 N–H and O–H groups in total. The van der Waals surface area contributed by atoms with Crippen molar-refractivity contribution in [3.8, 4) is 0 Å². The van der Waals surface area contributed by atoms with E-state index in [1.54, 1.807) is 18.2 Å². The van der Waals surface area contributed by atoms with Crippen LogP contribution in [0.4, 0.5) is 11.4 Å². The number of carbonyl (C=O) groups excluding carboxylic acids is 1. The van der Waals surface area contributed by atoms with Crippen LogP contribution in [0.5, 0.6) is 0 Å². The maximum absolute atomic E-state index is 11.8. The fraction of sp³-hybridized carbons (Fsp3) is 0.0714. The number of halogens is 2. The van der Waals surface area contributed by atoms with Crippen molar-refractivity contribution in [2.75, 3.05) is 17.2 Å². The topological polar surface area (TPSA) is 41.1 Å². The van der Waals surface area contributed by atoms with E-state index in [1.165, 1.54) is 0 Å². The standard InChI is InChI=1S/C14H12BrClN2O/c15-14-11(16)7-4-8-12(14)18-13(19)9-17-10-5-2-1-3-6-10/h1-8,17H,9H2,(H,18,19). The van der Waals surface area contributed by atoms with Gasteiger partial charge in [-0.1, -0.05) is 35.9 Å². The average Bonchev–Trinajstić information content (AvgIpc) is 2.43. The van der Waals surface area contributed by atoms with Gasteiger partial charge < -0.3 is 10.6 Å². The molecule has 0 radical (unpaired) electrons. The minimum absolute atomic E-state index is 0.133. The van der Waals surface area contributed by atoms with Gasteiger partial charge in [0.2, 0.25) is 5.91 Å². The van der Waals surface area contributed by atoms with Gasteiger partial charge in [-0.2, -0.15) is 0 Å². The zero-order valence-electron chi connectivity index (χ0n) is 9.99. The Kier molecular flexibility index (Phi) is 4.82. The molecule has 5 heteroatoms. The van der Waals surface area contributed by atoms with E-state index in [0.29, 0.717) is 15.2 Å². The maximum atomic E-state index is 11.8. The van der Waals surface area contributed by atoms with Gasteiger partial charge in [0.05, 0.1) is 21.7 Å². The molecule has 2 aromatic carbocycles. The van der Waals surface area contributed by atoms with Crippen molar-refractivity contribution in [2.24, 2.45) is 0 Å². The number of carbonyl (C=O) groups is 1. The van der Waals surface area contributed by atoms with Crippen LogP contribution in [0, 0.1) is 0 Å². The third kappa shape index (κ3) is 3.98. The molecule has 2 aromatic rings. The Morgan fingerprint density at radius 1 is 1.11 bits per heavy atom. The molecule has 0 atom stereocenters. The third-order valence-electron chi connectivity index (χ3n) is 2.45. The first kappa shape index (κ1) is 13.9. The van der Waals surface area contributed by atoms with Gasteiger partial charge in [-0.3, -0.25) is 4.79 Å². The molecule has 0 aliphatic rings. The molecule has 0 unspecified atom stereocenters. The van der Waals surface area contributed by atoms with E-state index in [2.05, 4.69) is 26.6 Å². The van der Waals surface area contributed by atoms with Gasteiger partial charge in [0.15, 0.2) is 0 Å². The first-order chi connectivity index (χ1) is 9.16. The van der Waals surface area contributed by atoms with Crippen molar-refractivity contribution >= 4 is 44.8 Å². The minimum atomic E-state index is -0.133. The average molecular weight is 340 g/mol. The third-order valence-corrected chi connectivity index (χ3v) is 3.85. The molecule has 0 aromatic heterocycles. The highest BCUT2D eigenvalue weighted by Gasteiger charge is 2.07. The fourth-order valence-electron chi connectivity index (χ4n) is 1.53. The predicted octanol–water partition coefficient (Wildman–Crippen LogP) is 4.15. The van der Waals surface area contributed by atoms with Gasteiger partial charge in [-0.25, -0.2) is 0 Å². The molecule has 2 rings (SSSR count). The molecular weight excluding hydrogens is 328 g/mol. The SMILES string of the molecule is O=C(CNc1ccccc1)Nc1cccc(Cl)c1Br. The second-order valence-electron chi connectivity index (χ2n) is 3.87.